The minimum atomic E-state index is -4.64. The largest absolute Gasteiger partial charge is 0.416 e. The lowest BCUT2D eigenvalue weighted by Crippen LogP contribution is -2.41. The first-order valence-corrected chi connectivity index (χ1v) is 12.0. The second-order valence-corrected chi connectivity index (χ2v) is 9.88. The van der Waals surface area contributed by atoms with E-state index < -0.39 is 32.6 Å². The molecule has 0 spiro atoms. The molecule has 1 N–H and O–H groups in total. The maximum Gasteiger partial charge on any atom is 0.416 e. The lowest BCUT2D eigenvalue weighted by Gasteiger charge is -2.30. The lowest BCUT2D eigenvalue weighted by atomic mass is 9.97. The van der Waals surface area contributed by atoms with Crippen molar-refractivity contribution in [2.45, 2.75) is 30.5 Å². The summed E-state index contributed by atoms with van der Waals surface area (Å²) in [5, 5.41) is 6.89. The summed E-state index contributed by atoms with van der Waals surface area (Å²) in [5.41, 5.74) is 0.00154. The number of rotatable bonds is 6. The van der Waals surface area contributed by atoms with Gasteiger partial charge in [0.05, 0.1) is 17.0 Å². The van der Waals surface area contributed by atoms with Crippen molar-refractivity contribution >= 4 is 21.9 Å². The van der Waals surface area contributed by atoms with Crippen LogP contribution in [0.15, 0.2) is 65.8 Å². The Morgan fingerprint density at radius 1 is 1.06 bits per heavy atom. The number of hydrogen-bond donors (Lipinski definition) is 1. The van der Waals surface area contributed by atoms with Gasteiger partial charge >= 0.3 is 6.18 Å². The van der Waals surface area contributed by atoms with Crippen molar-refractivity contribution in [3.63, 3.8) is 0 Å². The van der Waals surface area contributed by atoms with Crippen LogP contribution in [0, 0.1) is 5.92 Å². The van der Waals surface area contributed by atoms with Crippen molar-refractivity contribution in [3.05, 3.63) is 72.1 Å². The number of benzene rings is 2. The number of piperidine rings is 1. The molecule has 1 saturated heterocycles. The highest BCUT2D eigenvalue weighted by Crippen LogP contribution is 2.32. The molecule has 2 aromatic carbocycles. The van der Waals surface area contributed by atoms with Crippen LogP contribution in [0.5, 0.6) is 0 Å². The Balaban J connectivity index is 1.34. The molecule has 12 heteroatoms. The monoisotopic (exact) mass is 493 g/mol. The van der Waals surface area contributed by atoms with Crippen molar-refractivity contribution in [3.8, 4) is 0 Å². The van der Waals surface area contributed by atoms with Gasteiger partial charge in [-0.05, 0) is 36.6 Å². The number of hydrogen-bond acceptors (Lipinski definition) is 5. The summed E-state index contributed by atoms with van der Waals surface area (Å²) in [4.78, 5) is 16.3. The highest BCUT2D eigenvalue weighted by atomic mass is 32.2. The van der Waals surface area contributed by atoms with Crippen LogP contribution < -0.4 is 5.32 Å². The number of aromatic nitrogens is 3. The fourth-order valence-electron chi connectivity index (χ4n) is 3.75. The van der Waals surface area contributed by atoms with Crippen LogP contribution in [-0.4, -0.2) is 46.5 Å². The molecule has 1 aliphatic rings. The number of nitrogens with zero attached hydrogens (tertiary/aromatic N) is 4. The van der Waals surface area contributed by atoms with Gasteiger partial charge in [0.25, 0.3) is 0 Å². The van der Waals surface area contributed by atoms with E-state index in [4.69, 9.17) is 0 Å². The average Bonchev–Trinajstić information content (AvgIpc) is 3.26. The van der Waals surface area contributed by atoms with Gasteiger partial charge in [-0.3, -0.25) is 10.1 Å². The summed E-state index contributed by atoms with van der Waals surface area (Å²) in [7, 11) is -4.11. The number of anilines is 1. The molecule has 1 aliphatic heterocycles. The van der Waals surface area contributed by atoms with Gasteiger partial charge in [0.1, 0.15) is 6.33 Å². The van der Waals surface area contributed by atoms with Gasteiger partial charge in [-0.15, -0.1) is 5.10 Å². The molecule has 0 bridgehead atoms. The number of nitrogens with one attached hydrogen (secondary N) is 1. The predicted molar refractivity (Wildman–Crippen MR) is 117 cm³/mol. The van der Waals surface area contributed by atoms with Crippen LogP contribution in [0.1, 0.15) is 24.0 Å². The third-order valence-corrected chi connectivity index (χ3v) is 7.48. The zero-order valence-electron chi connectivity index (χ0n) is 17.9. The van der Waals surface area contributed by atoms with Gasteiger partial charge in [-0.2, -0.15) is 17.5 Å². The molecule has 8 nitrogen and oxygen atoms in total. The van der Waals surface area contributed by atoms with E-state index in [1.54, 1.807) is 4.68 Å². The van der Waals surface area contributed by atoms with Gasteiger partial charge in [-0.25, -0.2) is 18.1 Å². The Labute approximate surface area is 194 Å². The van der Waals surface area contributed by atoms with Crippen molar-refractivity contribution in [1.29, 1.82) is 0 Å². The standard InChI is InChI=1S/C22H22F3N5O3S/c23-22(24,25)18-7-4-8-19(13-18)34(32,33)30-11-9-17(10-12-30)20(31)27-21-26-15-29(28-21)14-16-5-2-1-3-6-16/h1-8,13,15,17H,9-12,14H2,(H,27,28,31). The van der Waals surface area contributed by atoms with E-state index in [0.29, 0.717) is 12.6 Å². The molecular formula is C22H22F3N5O3S. The van der Waals surface area contributed by atoms with E-state index in [1.807, 2.05) is 30.3 Å². The molecule has 3 aromatic rings. The lowest BCUT2D eigenvalue weighted by molar-refractivity contribution is -0.137. The minimum absolute atomic E-state index is 0.0204. The summed E-state index contributed by atoms with van der Waals surface area (Å²) >= 11 is 0. The van der Waals surface area contributed by atoms with Gasteiger partial charge in [0.2, 0.25) is 21.9 Å². The second kappa shape index (κ2) is 9.55. The fourth-order valence-corrected chi connectivity index (χ4v) is 5.27. The minimum Gasteiger partial charge on any atom is -0.293 e. The summed E-state index contributed by atoms with van der Waals surface area (Å²) in [6, 6.07) is 13.3. The highest BCUT2D eigenvalue weighted by molar-refractivity contribution is 7.89. The van der Waals surface area contributed by atoms with Crippen molar-refractivity contribution < 1.29 is 26.4 Å². The molecular weight excluding hydrogens is 471 g/mol. The SMILES string of the molecule is O=C(Nc1ncn(Cc2ccccc2)n1)C1CCN(S(=O)(=O)c2cccc(C(F)(F)F)c2)CC1. The average molecular weight is 494 g/mol. The van der Waals surface area contributed by atoms with Crippen LogP contribution in [0.2, 0.25) is 0 Å². The van der Waals surface area contributed by atoms with Crippen LogP contribution >= 0.6 is 0 Å². The Hall–Kier alpha value is -3.25. The van der Waals surface area contributed by atoms with E-state index in [-0.39, 0.29) is 37.8 Å². The molecule has 180 valence electrons. The molecule has 0 aliphatic carbocycles. The Bertz CT molecular complexity index is 1250. The third kappa shape index (κ3) is 5.45. The Morgan fingerprint density at radius 3 is 2.44 bits per heavy atom. The number of carbonyl (C=O) groups is 1. The molecule has 0 saturated carbocycles. The van der Waals surface area contributed by atoms with Crippen LogP contribution in [0.25, 0.3) is 0 Å². The first-order chi connectivity index (χ1) is 16.1. The van der Waals surface area contributed by atoms with E-state index in [1.165, 1.54) is 6.33 Å². The van der Waals surface area contributed by atoms with Crippen LogP contribution in [0.4, 0.5) is 19.1 Å². The zero-order valence-corrected chi connectivity index (χ0v) is 18.8. The van der Waals surface area contributed by atoms with Gasteiger partial charge in [0, 0.05) is 19.0 Å². The zero-order chi connectivity index (χ0) is 24.3. The van der Waals surface area contributed by atoms with E-state index in [2.05, 4.69) is 15.4 Å². The smallest absolute Gasteiger partial charge is 0.293 e. The van der Waals surface area contributed by atoms with Crippen molar-refractivity contribution in [2.75, 3.05) is 18.4 Å². The topological polar surface area (TPSA) is 97.2 Å². The van der Waals surface area contributed by atoms with Crippen LogP contribution in [-0.2, 0) is 27.5 Å². The molecule has 2 heterocycles. The summed E-state index contributed by atoms with van der Waals surface area (Å²) < 4.78 is 67.2. The summed E-state index contributed by atoms with van der Waals surface area (Å²) in [6.07, 6.45) is -2.67. The van der Waals surface area contributed by atoms with Crippen molar-refractivity contribution in [2.24, 2.45) is 5.92 Å². The second-order valence-electron chi connectivity index (χ2n) is 7.94. The molecule has 0 radical (unpaired) electrons. The molecule has 0 atom stereocenters. The van der Waals surface area contributed by atoms with Gasteiger partial charge < -0.3 is 0 Å². The maximum absolute atomic E-state index is 13.0. The number of carbonyl (C=O) groups excluding carboxylic acids is 1. The van der Waals surface area contributed by atoms with Crippen molar-refractivity contribution in [1.82, 2.24) is 19.1 Å². The maximum atomic E-state index is 13.0. The normalized spacial score (nSPS) is 15.9. The fraction of sp³-hybridized carbons (Fsp3) is 0.318. The van der Waals surface area contributed by atoms with E-state index in [0.717, 1.165) is 28.1 Å². The van der Waals surface area contributed by atoms with E-state index >= 15 is 0 Å². The number of alkyl halides is 3. The Morgan fingerprint density at radius 2 is 1.76 bits per heavy atom. The number of halogens is 3. The summed E-state index contributed by atoms with van der Waals surface area (Å²) in [6.45, 7) is 0.536. The van der Waals surface area contributed by atoms with Crippen LogP contribution in [0.3, 0.4) is 0 Å². The highest BCUT2D eigenvalue weighted by Gasteiger charge is 2.35. The Kier molecular flexibility index (Phi) is 6.71. The predicted octanol–water partition coefficient (Wildman–Crippen LogP) is 3.38. The number of sulfonamides is 1. The summed E-state index contributed by atoms with van der Waals surface area (Å²) in [5.74, 6) is -0.637. The van der Waals surface area contributed by atoms with Gasteiger partial charge in [0.15, 0.2) is 0 Å². The van der Waals surface area contributed by atoms with Gasteiger partial charge in [-0.1, -0.05) is 36.4 Å². The molecule has 34 heavy (non-hydrogen) atoms. The first-order valence-electron chi connectivity index (χ1n) is 10.5. The quantitative estimate of drug-likeness (QED) is 0.568. The third-order valence-electron chi connectivity index (χ3n) is 5.58. The van der Waals surface area contributed by atoms with E-state index in [9.17, 15) is 26.4 Å². The molecule has 1 aromatic heterocycles. The molecule has 1 amide bonds. The molecule has 4 rings (SSSR count). The molecule has 1 fully saturated rings. The first kappa shape index (κ1) is 23.9. The number of amides is 1. The molecule has 0 unspecified atom stereocenters.